The van der Waals surface area contributed by atoms with E-state index in [2.05, 4.69) is 23.1 Å². The smallest absolute Gasteiger partial charge is 0.127 e. The van der Waals surface area contributed by atoms with Gasteiger partial charge in [0.1, 0.15) is 5.82 Å². The lowest BCUT2D eigenvalue weighted by atomic mass is 10.1. The summed E-state index contributed by atoms with van der Waals surface area (Å²) in [5, 5.41) is 0. The summed E-state index contributed by atoms with van der Waals surface area (Å²) in [6, 6.07) is 0. The van der Waals surface area contributed by atoms with E-state index < -0.39 is 0 Å². The van der Waals surface area contributed by atoms with Gasteiger partial charge in [0.25, 0.3) is 0 Å². The molecule has 1 heterocycles. The van der Waals surface area contributed by atoms with Gasteiger partial charge in [0.15, 0.2) is 0 Å². The Morgan fingerprint density at radius 1 is 1.50 bits per heavy atom. The zero-order valence-electron chi connectivity index (χ0n) is 7.25. The first kappa shape index (κ1) is 8.65. The van der Waals surface area contributed by atoms with Crippen LogP contribution in [0.5, 0.6) is 0 Å². The zero-order chi connectivity index (χ0) is 8.97. The second kappa shape index (κ2) is 3.81. The minimum atomic E-state index is 0.857. The standard InChI is InChI=1S/C10H12N2/c1-4-8(3)9-6-11-10(5-2)12-7-9/h4,6-7H,1,3,5H2,2H3. The van der Waals surface area contributed by atoms with Gasteiger partial charge in [-0.3, -0.25) is 0 Å². The molecule has 2 heteroatoms. The Morgan fingerprint density at radius 3 is 2.50 bits per heavy atom. The fourth-order valence-corrected chi connectivity index (χ4v) is 0.821. The Labute approximate surface area is 72.7 Å². The van der Waals surface area contributed by atoms with Gasteiger partial charge < -0.3 is 0 Å². The second-order valence-corrected chi connectivity index (χ2v) is 2.47. The van der Waals surface area contributed by atoms with Gasteiger partial charge in [-0.2, -0.15) is 0 Å². The Morgan fingerprint density at radius 2 is 2.08 bits per heavy atom. The van der Waals surface area contributed by atoms with Crippen LogP contribution in [0.2, 0.25) is 0 Å². The van der Waals surface area contributed by atoms with Crippen molar-refractivity contribution in [1.82, 2.24) is 9.97 Å². The van der Waals surface area contributed by atoms with Gasteiger partial charge in [0, 0.05) is 24.4 Å². The molecule has 0 aliphatic rings. The van der Waals surface area contributed by atoms with Gasteiger partial charge in [0.05, 0.1) is 0 Å². The Bertz CT molecular complexity index is 285. The zero-order valence-corrected chi connectivity index (χ0v) is 7.25. The highest BCUT2D eigenvalue weighted by Crippen LogP contribution is 2.09. The number of allylic oxidation sites excluding steroid dienone is 2. The van der Waals surface area contributed by atoms with Gasteiger partial charge in [-0.25, -0.2) is 9.97 Å². The van der Waals surface area contributed by atoms with Gasteiger partial charge >= 0.3 is 0 Å². The Kier molecular flexibility index (Phi) is 2.75. The van der Waals surface area contributed by atoms with Crippen molar-refractivity contribution in [3.63, 3.8) is 0 Å². The van der Waals surface area contributed by atoms with Crippen LogP contribution in [0.1, 0.15) is 18.3 Å². The molecule has 0 saturated heterocycles. The molecule has 0 amide bonds. The third kappa shape index (κ3) is 1.78. The van der Waals surface area contributed by atoms with Crippen molar-refractivity contribution in [2.75, 3.05) is 0 Å². The Hall–Kier alpha value is -1.44. The first-order valence-electron chi connectivity index (χ1n) is 3.90. The topological polar surface area (TPSA) is 25.8 Å². The second-order valence-electron chi connectivity index (χ2n) is 2.47. The highest BCUT2D eigenvalue weighted by atomic mass is 14.9. The predicted octanol–water partition coefficient (Wildman–Crippen LogP) is 2.24. The molecule has 0 atom stereocenters. The summed E-state index contributed by atoms with van der Waals surface area (Å²) < 4.78 is 0. The minimum Gasteiger partial charge on any atom is -0.241 e. The van der Waals surface area contributed by atoms with Gasteiger partial charge in [-0.05, 0) is 5.57 Å². The van der Waals surface area contributed by atoms with Crippen LogP contribution in [-0.4, -0.2) is 9.97 Å². The average molecular weight is 160 g/mol. The van der Waals surface area contributed by atoms with Crippen molar-refractivity contribution in [2.24, 2.45) is 0 Å². The van der Waals surface area contributed by atoms with E-state index in [1.54, 1.807) is 18.5 Å². The number of aromatic nitrogens is 2. The molecule has 0 aliphatic carbocycles. The molecule has 0 spiro atoms. The first-order chi connectivity index (χ1) is 5.77. The molecular weight excluding hydrogens is 148 g/mol. The van der Waals surface area contributed by atoms with E-state index in [0.717, 1.165) is 23.4 Å². The van der Waals surface area contributed by atoms with Crippen molar-refractivity contribution in [1.29, 1.82) is 0 Å². The van der Waals surface area contributed by atoms with E-state index >= 15 is 0 Å². The van der Waals surface area contributed by atoms with E-state index in [1.165, 1.54) is 0 Å². The van der Waals surface area contributed by atoms with Gasteiger partial charge in [0.2, 0.25) is 0 Å². The monoisotopic (exact) mass is 160 g/mol. The normalized spacial score (nSPS) is 9.42. The first-order valence-corrected chi connectivity index (χ1v) is 3.90. The largest absolute Gasteiger partial charge is 0.241 e. The van der Waals surface area contributed by atoms with Crippen LogP contribution in [-0.2, 0) is 6.42 Å². The molecule has 1 rings (SSSR count). The molecule has 0 aromatic carbocycles. The van der Waals surface area contributed by atoms with Crippen LogP contribution in [0.15, 0.2) is 31.6 Å². The van der Waals surface area contributed by atoms with Crippen LogP contribution < -0.4 is 0 Å². The van der Waals surface area contributed by atoms with Crippen LogP contribution in [0.3, 0.4) is 0 Å². The van der Waals surface area contributed by atoms with Crippen LogP contribution in [0.4, 0.5) is 0 Å². The average Bonchev–Trinajstić information content (AvgIpc) is 2.17. The fraction of sp³-hybridized carbons (Fsp3) is 0.200. The lowest BCUT2D eigenvalue weighted by Gasteiger charge is -1.99. The molecule has 12 heavy (non-hydrogen) atoms. The summed E-state index contributed by atoms with van der Waals surface area (Å²) in [6.07, 6.45) is 6.11. The number of aryl methyl sites for hydroxylation is 1. The van der Waals surface area contributed by atoms with Crippen molar-refractivity contribution < 1.29 is 0 Å². The maximum absolute atomic E-state index is 4.15. The van der Waals surface area contributed by atoms with Gasteiger partial charge in [-0.15, -0.1) is 0 Å². The van der Waals surface area contributed by atoms with Crippen molar-refractivity contribution in [3.05, 3.63) is 43.0 Å². The third-order valence-electron chi connectivity index (χ3n) is 1.64. The molecule has 1 aromatic rings. The molecular formula is C10H12N2. The molecule has 1 aromatic heterocycles. The predicted molar refractivity (Wildman–Crippen MR) is 50.6 cm³/mol. The quantitative estimate of drug-likeness (QED) is 0.634. The van der Waals surface area contributed by atoms with Crippen molar-refractivity contribution >= 4 is 5.57 Å². The number of hydrogen-bond acceptors (Lipinski definition) is 2. The fourth-order valence-electron chi connectivity index (χ4n) is 0.821. The molecule has 0 N–H and O–H groups in total. The lowest BCUT2D eigenvalue weighted by molar-refractivity contribution is 0.936. The Balaban J connectivity index is 2.91. The molecule has 62 valence electrons. The van der Waals surface area contributed by atoms with Crippen LogP contribution in [0.25, 0.3) is 5.57 Å². The van der Waals surface area contributed by atoms with E-state index in [4.69, 9.17) is 0 Å². The van der Waals surface area contributed by atoms with E-state index in [1.807, 2.05) is 6.92 Å². The minimum absolute atomic E-state index is 0.857. The maximum Gasteiger partial charge on any atom is 0.127 e. The lowest BCUT2D eigenvalue weighted by Crippen LogP contribution is -1.92. The SMILES string of the molecule is C=CC(=C)c1cnc(CC)nc1. The van der Waals surface area contributed by atoms with Crippen molar-refractivity contribution in [2.45, 2.75) is 13.3 Å². The molecule has 0 bridgehead atoms. The highest BCUT2D eigenvalue weighted by Gasteiger charge is 1.96. The molecule has 0 aliphatic heterocycles. The summed E-state index contributed by atoms with van der Waals surface area (Å²) in [5.41, 5.74) is 1.79. The van der Waals surface area contributed by atoms with Crippen LogP contribution in [0, 0.1) is 0 Å². The summed E-state index contributed by atoms with van der Waals surface area (Å²) in [5.74, 6) is 0.857. The number of rotatable bonds is 3. The molecule has 0 saturated carbocycles. The van der Waals surface area contributed by atoms with E-state index in [0.29, 0.717) is 0 Å². The van der Waals surface area contributed by atoms with Crippen LogP contribution >= 0.6 is 0 Å². The summed E-state index contributed by atoms with van der Waals surface area (Å²) in [6.45, 7) is 9.45. The summed E-state index contributed by atoms with van der Waals surface area (Å²) in [4.78, 5) is 8.29. The molecule has 0 radical (unpaired) electrons. The summed E-state index contributed by atoms with van der Waals surface area (Å²) in [7, 11) is 0. The molecule has 0 unspecified atom stereocenters. The number of nitrogens with zero attached hydrogens (tertiary/aromatic N) is 2. The highest BCUT2D eigenvalue weighted by molar-refractivity contribution is 5.70. The third-order valence-corrected chi connectivity index (χ3v) is 1.64. The van der Waals surface area contributed by atoms with E-state index in [-0.39, 0.29) is 0 Å². The molecule has 0 fully saturated rings. The van der Waals surface area contributed by atoms with Crippen molar-refractivity contribution in [3.8, 4) is 0 Å². The van der Waals surface area contributed by atoms with E-state index in [9.17, 15) is 0 Å². The summed E-state index contributed by atoms with van der Waals surface area (Å²) >= 11 is 0. The molecule has 2 nitrogen and oxygen atoms in total. The number of hydrogen-bond donors (Lipinski definition) is 0. The van der Waals surface area contributed by atoms with Gasteiger partial charge in [-0.1, -0.05) is 26.2 Å². The maximum atomic E-state index is 4.15.